The zero-order valence-corrected chi connectivity index (χ0v) is 17.4. The molecule has 0 aromatic heterocycles. The van der Waals surface area contributed by atoms with Crippen molar-refractivity contribution < 1.29 is 26.0 Å². The molecule has 2 atom stereocenters. The van der Waals surface area contributed by atoms with E-state index in [1.807, 2.05) is 24.4 Å². The van der Waals surface area contributed by atoms with Crippen molar-refractivity contribution in [3.8, 4) is 0 Å². The molecule has 2 aliphatic heterocycles. The van der Waals surface area contributed by atoms with E-state index in [2.05, 4.69) is 10.6 Å². The van der Waals surface area contributed by atoms with Gasteiger partial charge in [-0.3, -0.25) is 0 Å². The molecule has 4 rings (SSSR count). The van der Waals surface area contributed by atoms with Crippen LogP contribution in [0.2, 0.25) is 5.02 Å². The summed E-state index contributed by atoms with van der Waals surface area (Å²) in [6.45, 7) is 0.555. The van der Waals surface area contributed by atoms with Crippen LogP contribution in [-0.4, -0.2) is 35.3 Å². The Kier molecular flexibility index (Phi) is 5.63. The molecule has 0 spiro atoms. The first-order valence-corrected chi connectivity index (χ1v) is 12.0. The van der Waals surface area contributed by atoms with Crippen molar-refractivity contribution in [2.45, 2.75) is 43.8 Å². The van der Waals surface area contributed by atoms with E-state index in [4.69, 9.17) is 22.3 Å². The number of aliphatic imine (C=N–C) groups is 1. The molecule has 26 heavy (non-hydrogen) atoms. The Morgan fingerprint density at radius 1 is 1.31 bits per heavy atom. The van der Waals surface area contributed by atoms with Crippen LogP contribution in [0, 0.1) is 3.57 Å². The van der Waals surface area contributed by atoms with E-state index in [0.717, 1.165) is 34.7 Å². The van der Waals surface area contributed by atoms with Gasteiger partial charge in [0.2, 0.25) is 0 Å². The van der Waals surface area contributed by atoms with Crippen LogP contribution in [-0.2, 0) is 4.79 Å². The number of hydrogen-bond donors (Lipinski definition) is 3. The third-order valence-corrected chi connectivity index (χ3v) is 8.35. The zero-order valence-electron chi connectivity index (χ0n) is 14.5. The number of nitrogens with two attached hydrogens (primary N) is 1. The summed E-state index contributed by atoms with van der Waals surface area (Å²) in [5, 5.41) is 7.34. The fourth-order valence-electron chi connectivity index (χ4n) is 3.85. The van der Waals surface area contributed by atoms with E-state index in [9.17, 15) is 4.79 Å². The second-order valence-corrected chi connectivity index (χ2v) is 10.1. The van der Waals surface area contributed by atoms with Crippen molar-refractivity contribution in [1.82, 2.24) is 10.6 Å². The summed E-state index contributed by atoms with van der Waals surface area (Å²) in [7, 11) is 0. The van der Waals surface area contributed by atoms with Gasteiger partial charge in [0.15, 0.2) is 0 Å². The second-order valence-electron chi connectivity index (χ2n) is 6.95. The van der Waals surface area contributed by atoms with Crippen LogP contribution in [0.4, 0.5) is 0 Å². The number of fused-ring (bicyclic) bond motifs is 1. The number of allylic oxidation sites excluding steroid dienone is 1. The molecule has 140 valence electrons. The first kappa shape index (κ1) is 18.4. The Labute approximate surface area is 169 Å². The maximum absolute atomic E-state index is 12.9. The molecule has 4 N–H and O–H groups in total. The number of benzene rings is 1. The van der Waals surface area contributed by atoms with Crippen molar-refractivity contribution in [2.75, 3.05) is 11.1 Å². The zero-order chi connectivity index (χ0) is 18.1. The van der Waals surface area contributed by atoms with E-state index in [1.165, 1.54) is 16.4 Å². The number of nitrogens with zero attached hydrogens (tertiary/aromatic N) is 1. The molecular weight excluding hydrogens is 463 g/mol. The topological polar surface area (TPSA) is 79.5 Å². The number of alkyl halides is 1. The van der Waals surface area contributed by atoms with Crippen LogP contribution in [0.15, 0.2) is 34.5 Å². The number of ketones is 1. The van der Waals surface area contributed by atoms with Gasteiger partial charge in [0.1, 0.15) is 0 Å². The Bertz CT molecular complexity index is 773. The van der Waals surface area contributed by atoms with Gasteiger partial charge in [-0.05, 0) is 0 Å². The molecule has 1 aliphatic carbocycles. The van der Waals surface area contributed by atoms with Gasteiger partial charge in [0.05, 0.1) is 0 Å². The summed E-state index contributed by atoms with van der Waals surface area (Å²) in [6.07, 6.45) is 6.37. The van der Waals surface area contributed by atoms with Gasteiger partial charge < -0.3 is 0 Å². The third kappa shape index (κ3) is 3.69. The van der Waals surface area contributed by atoms with Gasteiger partial charge in [-0.25, -0.2) is 0 Å². The summed E-state index contributed by atoms with van der Waals surface area (Å²) in [6, 6.07) is 6.30. The second kappa shape index (κ2) is 7.96. The van der Waals surface area contributed by atoms with E-state index in [0.29, 0.717) is 17.1 Å². The van der Waals surface area contributed by atoms with Gasteiger partial charge in [0, 0.05) is 0 Å². The van der Waals surface area contributed by atoms with Gasteiger partial charge in [-0.2, -0.15) is 0 Å². The quantitative estimate of drug-likeness (QED) is 0.291. The minimum atomic E-state index is -0.319. The van der Waals surface area contributed by atoms with Crippen LogP contribution in [0.5, 0.6) is 0 Å². The molecule has 2 heterocycles. The number of rotatable bonds is 3. The number of carbonyl (C=O) groups excluding carboxylic acids is 1. The van der Waals surface area contributed by atoms with Crippen LogP contribution in [0.25, 0.3) is 0 Å². The van der Waals surface area contributed by atoms with Crippen LogP contribution < -0.4 is 37.6 Å². The molecule has 1 saturated carbocycles. The molecule has 1 aromatic carbocycles. The normalized spacial score (nSPS) is 27.4. The SMILES string of the molecule is NC1NCNC(C2C(=O)C[I-]c3cc(Cl)ccc32)=C1C=NC1CCCC1. The van der Waals surface area contributed by atoms with E-state index in [-0.39, 0.29) is 39.1 Å². The summed E-state index contributed by atoms with van der Waals surface area (Å²) in [5.74, 6) is -0.00937. The number of hydrogen-bond acceptors (Lipinski definition) is 5. The summed E-state index contributed by atoms with van der Waals surface area (Å²) >= 11 is 5.86. The van der Waals surface area contributed by atoms with Gasteiger partial charge >= 0.3 is 169 Å². The number of carbonyl (C=O) groups is 1. The van der Waals surface area contributed by atoms with Crippen molar-refractivity contribution >= 4 is 23.6 Å². The van der Waals surface area contributed by atoms with E-state index >= 15 is 0 Å². The Hall–Kier alpha value is -0.960. The average molecular weight is 486 g/mol. The average Bonchev–Trinajstić information content (AvgIpc) is 3.14. The Morgan fingerprint density at radius 2 is 2.12 bits per heavy atom. The molecule has 1 aromatic rings. The molecule has 1 fully saturated rings. The maximum atomic E-state index is 12.9. The molecule has 5 nitrogen and oxygen atoms in total. The summed E-state index contributed by atoms with van der Waals surface area (Å²) in [4.78, 5) is 17.6. The van der Waals surface area contributed by atoms with Crippen LogP contribution >= 0.6 is 11.6 Å². The van der Waals surface area contributed by atoms with Crippen LogP contribution in [0.3, 0.4) is 0 Å². The fourth-order valence-corrected chi connectivity index (χ4v) is 6.92. The predicted molar refractivity (Wildman–Crippen MR) is 99.7 cm³/mol. The standard InChI is InChI=1S/C19H23ClIN4O/c20-11-5-6-13-15(7-11)21-8-16(26)17(13)18-14(19(22)25-10-24-18)9-23-12-3-1-2-4-12/h5-7,9,12,17,19,24-25H,1-4,8,10,22H2/q-1. The molecule has 0 radical (unpaired) electrons. The van der Waals surface area contributed by atoms with E-state index < -0.39 is 0 Å². The van der Waals surface area contributed by atoms with Crippen molar-refractivity contribution in [3.63, 3.8) is 0 Å². The van der Waals surface area contributed by atoms with Gasteiger partial charge in [-0.1, -0.05) is 0 Å². The first-order valence-electron chi connectivity index (χ1n) is 9.05. The molecule has 0 bridgehead atoms. The number of halogens is 2. The molecule has 0 amide bonds. The predicted octanol–water partition coefficient (Wildman–Crippen LogP) is -1.03. The Morgan fingerprint density at radius 3 is 2.92 bits per heavy atom. The monoisotopic (exact) mass is 485 g/mol. The molecular formula is C19H23ClIN4O-. The van der Waals surface area contributed by atoms with Gasteiger partial charge in [0.25, 0.3) is 0 Å². The van der Waals surface area contributed by atoms with E-state index in [1.54, 1.807) is 0 Å². The number of nitrogens with one attached hydrogen (secondary N) is 2. The fraction of sp³-hybridized carbons (Fsp3) is 0.474. The van der Waals surface area contributed by atoms with Crippen molar-refractivity contribution in [3.05, 3.63) is 43.6 Å². The van der Waals surface area contributed by atoms with Crippen molar-refractivity contribution in [1.29, 1.82) is 0 Å². The summed E-state index contributed by atoms with van der Waals surface area (Å²) in [5.41, 5.74) is 9.23. The van der Waals surface area contributed by atoms with Crippen LogP contribution in [0.1, 0.15) is 37.2 Å². The molecule has 2 unspecified atom stereocenters. The molecule has 0 saturated heterocycles. The number of Topliss-reactive ketones (excluding diaryl/α,β-unsaturated/α-hetero) is 1. The third-order valence-electron chi connectivity index (χ3n) is 5.22. The van der Waals surface area contributed by atoms with Gasteiger partial charge in [-0.15, -0.1) is 0 Å². The molecule has 7 heteroatoms. The van der Waals surface area contributed by atoms with Crippen molar-refractivity contribution in [2.24, 2.45) is 10.7 Å². The molecule has 3 aliphatic rings. The minimum absolute atomic E-state index is 0.274. The summed E-state index contributed by atoms with van der Waals surface area (Å²) < 4.78 is 1.90. The first-order chi connectivity index (χ1) is 12.6. The Balaban J connectivity index is 1.75.